The zero-order chi connectivity index (χ0) is 13.2. The van der Waals surface area contributed by atoms with Gasteiger partial charge in [-0.15, -0.1) is 0 Å². The number of halogens is 5. The average molecular weight is 270 g/mol. The van der Waals surface area contributed by atoms with Gasteiger partial charge in [-0.2, -0.15) is 22.0 Å². The fraction of sp³-hybridized carbons (Fsp3) is 1.00. The van der Waals surface area contributed by atoms with Gasteiger partial charge in [-0.05, 0) is 6.42 Å². The van der Waals surface area contributed by atoms with Gasteiger partial charge < -0.3 is 4.89 Å². The Morgan fingerprint density at radius 1 is 1.31 bits per heavy atom. The summed E-state index contributed by atoms with van der Waals surface area (Å²) in [5, 5.41) is 0. The standard InChI is InChI=1S/C7H12F5O3P/c1-3-4-5(2)16(13,14)15-7(11,12)6(8,9)10/h5H,3-4H2,1-2H3,(H,13,14). The van der Waals surface area contributed by atoms with E-state index in [-0.39, 0.29) is 6.42 Å². The maximum atomic E-state index is 12.3. The Morgan fingerprint density at radius 3 is 2.06 bits per heavy atom. The molecule has 3 nitrogen and oxygen atoms in total. The van der Waals surface area contributed by atoms with Crippen LogP contribution in [0.1, 0.15) is 26.7 Å². The lowest BCUT2D eigenvalue weighted by Gasteiger charge is -2.25. The molecular formula is C7H12F5O3P. The van der Waals surface area contributed by atoms with Crippen LogP contribution in [0.15, 0.2) is 0 Å². The highest BCUT2D eigenvalue weighted by molar-refractivity contribution is 7.53. The maximum absolute atomic E-state index is 12.3. The molecule has 0 aliphatic rings. The highest BCUT2D eigenvalue weighted by atomic mass is 31.2. The van der Waals surface area contributed by atoms with Gasteiger partial charge in [0.2, 0.25) is 0 Å². The summed E-state index contributed by atoms with van der Waals surface area (Å²) >= 11 is 0. The Balaban J connectivity index is 4.77. The third-order valence-corrected chi connectivity index (χ3v) is 3.70. The Kier molecular flexibility index (Phi) is 4.91. The van der Waals surface area contributed by atoms with Crippen molar-refractivity contribution in [2.24, 2.45) is 0 Å². The Bertz CT molecular complexity index is 278. The number of rotatable bonds is 5. The summed E-state index contributed by atoms with van der Waals surface area (Å²) in [4.78, 5) is 8.97. The van der Waals surface area contributed by atoms with Crippen molar-refractivity contribution < 1.29 is 35.9 Å². The lowest BCUT2D eigenvalue weighted by atomic mass is 10.3. The van der Waals surface area contributed by atoms with Gasteiger partial charge in [0.15, 0.2) is 0 Å². The van der Waals surface area contributed by atoms with Gasteiger partial charge in [0.05, 0.1) is 5.66 Å². The van der Waals surface area contributed by atoms with Gasteiger partial charge in [0.1, 0.15) is 0 Å². The zero-order valence-electron chi connectivity index (χ0n) is 8.59. The van der Waals surface area contributed by atoms with Crippen molar-refractivity contribution in [3.05, 3.63) is 0 Å². The van der Waals surface area contributed by atoms with E-state index < -0.39 is 25.5 Å². The van der Waals surface area contributed by atoms with Crippen LogP contribution in [0.2, 0.25) is 0 Å². The van der Waals surface area contributed by atoms with Crippen LogP contribution in [0.25, 0.3) is 0 Å². The van der Waals surface area contributed by atoms with Crippen LogP contribution >= 0.6 is 7.60 Å². The molecule has 9 heteroatoms. The molecule has 0 aromatic carbocycles. The monoisotopic (exact) mass is 270 g/mol. The normalized spacial score (nSPS) is 19.2. The second-order valence-electron chi connectivity index (χ2n) is 3.31. The van der Waals surface area contributed by atoms with E-state index in [9.17, 15) is 26.5 Å². The minimum absolute atomic E-state index is 0.0156. The molecule has 0 saturated carbocycles. The van der Waals surface area contributed by atoms with Crippen LogP contribution in [0, 0.1) is 0 Å². The van der Waals surface area contributed by atoms with Gasteiger partial charge in [-0.3, -0.25) is 4.57 Å². The summed E-state index contributed by atoms with van der Waals surface area (Å²) in [6, 6.07) is 0. The molecule has 0 spiro atoms. The van der Waals surface area contributed by atoms with E-state index in [1.807, 2.05) is 0 Å². The number of hydrogen-bond donors (Lipinski definition) is 1. The van der Waals surface area contributed by atoms with E-state index in [0.717, 1.165) is 6.92 Å². The molecule has 1 N–H and O–H groups in total. The van der Waals surface area contributed by atoms with Crippen molar-refractivity contribution in [3.8, 4) is 0 Å². The van der Waals surface area contributed by atoms with Gasteiger partial charge in [0, 0.05) is 0 Å². The molecule has 0 amide bonds. The molecule has 2 atom stereocenters. The highest BCUT2D eigenvalue weighted by Gasteiger charge is 2.63. The van der Waals surface area contributed by atoms with Gasteiger partial charge in [-0.25, -0.2) is 4.52 Å². The molecule has 98 valence electrons. The fourth-order valence-corrected chi connectivity index (χ4v) is 2.08. The first-order valence-corrected chi connectivity index (χ1v) is 6.06. The van der Waals surface area contributed by atoms with E-state index >= 15 is 0 Å². The molecule has 0 aliphatic heterocycles. The van der Waals surface area contributed by atoms with Crippen molar-refractivity contribution in [1.82, 2.24) is 0 Å². The first kappa shape index (κ1) is 15.8. The molecule has 16 heavy (non-hydrogen) atoms. The van der Waals surface area contributed by atoms with Crippen molar-refractivity contribution in [3.63, 3.8) is 0 Å². The van der Waals surface area contributed by atoms with Crippen LogP contribution in [-0.2, 0) is 9.09 Å². The molecule has 0 aromatic heterocycles. The summed E-state index contributed by atoms with van der Waals surface area (Å²) in [6.07, 6.45) is -11.2. The molecule has 0 aliphatic carbocycles. The van der Waals surface area contributed by atoms with Crippen molar-refractivity contribution in [1.29, 1.82) is 0 Å². The topological polar surface area (TPSA) is 46.5 Å². The van der Waals surface area contributed by atoms with Crippen molar-refractivity contribution in [2.45, 2.75) is 44.6 Å². The minimum atomic E-state index is -6.00. The van der Waals surface area contributed by atoms with E-state index in [0.29, 0.717) is 6.42 Å². The summed E-state index contributed by atoms with van der Waals surface area (Å²) in [5.41, 5.74) is -1.27. The summed E-state index contributed by atoms with van der Waals surface area (Å²) in [5.74, 6) is 0. The van der Waals surface area contributed by atoms with E-state index in [1.54, 1.807) is 6.92 Å². The summed E-state index contributed by atoms with van der Waals surface area (Å²) in [7, 11) is -4.99. The van der Waals surface area contributed by atoms with E-state index in [1.165, 1.54) is 0 Å². The van der Waals surface area contributed by atoms with Gasteiger partial charge in [0.25, 0.3) is 0 Å². The van der Waals surface area contributed by atoms with Crippen molar-refractivity contribution >= 4 is 7.60 Å². The van der Waals surface area contributed by atoms with Crippen LogP contribution in [0.5, 0.6) is 0 Å². The smallest absolute Gasteiger partial charge is 0.324 e. The first-order valence-electron chi connectivity index (χ1n) is 4.42. The van der Waals surface area contributed by atoms with E-state index in [2.05, 4.69) is 4.52 Å². The molecule has 0 fully saturated rings. The Labute approximate surface area is 89.1 Å². The third-order valence-electron chi connectivity index (χ3n) is 1.84. The quantitative estimate of drug-likeness (QED) is 0.614. The number of hydrogen-bond acceptors (Lipinski definition) is 2. The highest BCUT2D eigenvalue weighted by Crippen LogP contribution is 2.56. The zero-order valence-corrected chi connectivity index (χ0v) is 9.49. The average Bonchev–Trinajstić information content (AvgIpc) is 2.00. The third kappa shape index (κ3) is 3.99. The molecule has 0 heterocycles. The van der Waals surface area contributed by atoms with Gasteiger partial charge in [-0.1, -0.05) is 20.3 Å². The Morgan fingerprint density at radius 2 is 1.75 bits per heavy atom. The Hall–Kier alpha value is -0.200. The number of alkyl halides is 5. The van der Waals surface area contributed by atoms with Crippen molar-refractivity contribution in [2.75, 3.05) is 0 Å². The van der Waals surface area contributed by atoms with Crippen LogP contribution in [0.4, 0.5) is 22.0 Å². The fourth-order valence-electron chi connectivity index (χ4n) is 0.887. The molecular weight excluding hydrogens is 258 g/mol. The summed E-state index contributed by atoms with van der Waals surface area (Å²) < 4.78 is 74.0. The molecule has 0 rings (SSSR count). The predicted molar refractivity (Wildman–Crippen MR) is 46.3 cm³/mol. The lowest BCUT2D eigenvalue weighted by Crippen LogP contribution is -2.38. The first-order chi connectivity index (χ1) is 6.94. The maximum Gasteiger partial charge on any atom is 0.483 e. The molecule has 0 bridgehead atoms. The minimum Gasteiger partial charge on any atom is -0.324 e. The molecule has 0 saturated heterocycles. The SMILES string of the molecule is CCCC(C)P(=O)(O)OC(F)(F)C(F)(F)F. The van der Waals surface area contributed by atoms with Gasteiger partial charge >= 0.3 is 19.9 Å². The van der Waals surface area contributed by atoms with Crippen LogP contribution < -0.4 is 0 Å². The second kappa shape index (κ2) is 4.98. The summed E-state index contributed by atoms with van der Waals surface area (Å²) in [6.45, 7) is 2.68. The molecule has 2 unspecified atom stereocenters. The second-order valence-corrected chi connectivity index (χ2v) is 5.50. The van der Waals surface area contributed by atoms with Crippen LogP contribution in [-0.4, -0.2) is 22.8 Å². The predicted octanol–water partition coefficient (Wildman–Crippen LogP) is 3.53. The lowest BCUT2D eigenvalue weighted by molar-refractivity contribution is -0.362. The van der Waals surface area contributed by atoms with Crippen LogP contribution in [0.3, 0.4) is 0 Å². The molecule has 0 radical (unpaired) electrons. The largest absolute Gasteiger partial charge is 0.483 e. The molecule has 0 aromatic rings. The van der Waals surface area contributed by atoms with E-state index in [4.69, 9.17) is 4.89 Å².